The van der Waals surface area contributed by atoms with Crippen LogP contribution in [0.1, 0.15) is 27.7 Å². The monoisotopic (exact) mass is 481 g/mol. The van der Waals surface area contributed by atoms with Crippen molar-refractivity contribution in [1.82, 2.24) is 16.0 Å². The normalized spacial score (nSPS) is 29.0. The molecule has 3 amide bonds. The summed E-state index contributed by atoms with van der Waals surface area (Å²) in [6.45, 7) is 3.81. The minimum atomic E-state index is -1.94. The summed E-state index contributed by atoms with van der Waals surface area (Å²) in [6.07, 6.45) is -11.8. The molecule has 0 aromatic heterocycles. The standard InChI is InChI=1S/C19H35N3O11/c1-7(2)20-18(31)12(21-8(3)25)16(30)17(10(27)5-23)33-19-13(22-9(4)26)15(29)14(28)11(6-24)32-19/h7,10-17,19,23-24,27-30H,5-6H2,1-4H3,(H,20,31)(H,21,25)(H,22,26). The topological polar surface area (TPSA) is 227 Å². The Hall–Kier alpha value is -1.91. The van der Waals surface area contributed by atoms with E-state index in [1.54, 1.807) is 13.8 Å². The molecule has 9 atom stereocenters. The fourth-order valence-corrected chi connectivity index (χ4v) is 3.33. The minimum absolute atomic E-state index is 0.365. The number of nitrogens with one attached hydrogen (secondary N) is 3. The number of aliphatic hydroxyl groups is 6. The first-order chi connectivity index (χ1) is 15.3. The van der Waals surface area contributed by atoms with Gasteiger partial charge in [0.15, 0.2) is 6.29 Å². The van der Waals surface area contributed by atoms with Gasteiger partial charge in [-0.15, -0.1) is 0 Å². The Kier molecular flexibility index (Phi) is 11.6. The van der Waals surface area contributed by atoms with Gasteiger partial charge in [0.05, 0.1) is 13.2 Å². The van der Waals surface area contributed by atoms with Crippen molar-refractivity contribution in [1.29, 1.82) is 0 Å². The van der Waals surface area contributed by atoms with Crippen molar-refractivity contribution in [3.05, 3.63) is 0 Å². The molecule has 1 fully saturated rings. The molecule has 1 heterocycles. The van der Waals surface area contributed by atoms with Crippen LogP contribution < -0.4 is 16.0 Å². The molecule has 9 N–H and O–H groups in total. The molecule has 1 aliphatic heterocycles. The van der Waals surface area contributed by atoms with Crippen LogP contribution in [0.3, 0.4) is 0 Å². The first kappa shape index (κ1) is 29.1. The van der Waals surface area contributed by atoms with E-state index in [0.717, 1.165) is 13.8 Å². The van der Waals surface area contributed by atoms with E-state index in [1.165, 1.54) is 0 Å². The Balaban J connectivity index is 3.28. The van der Waals surface area contributed by atoms with Crippen LogP contribution in [-0.2, 0) is 23.9 Å². The lowest BCUT2D eigenvalue weighted by Crippen LogP contribution is -2.67. The highest BCUT2D eigenvalue weighted by atomic mass is 16.7. The van der Waals surface area contributed by atoms with E-state index >= 15 is 0 Å². The summed E-state index contributed by atoms with van der Waals surface area (Å²) in [5, 5.41) is 67.6. The largest absolute Gasteiger partial charge is 0.394 e. The predicted molar refractivity (Wildman–Crippen MR) is 110 cm³/mol. The molecular formula is C19H35N3O11. The molecule has 0 spiro atoms. The summed E-state index contributed by atoms with van der Waals surface area (Å²) in [4.78, 5) is 35.8. The van der Waals surface area contributed by atoms with Crippen molar-refractivity contribution in [3.63, 3.8) is 0 Å². The third kappa shape index (κ3) is 8.12. The smallest absolute Gasteiger partial charge is 0.245 e. The summed E-state index contributed by atoms with van der Waals surface area (Å²) in [7, 11) is 0. The van der Waals surface area contributed by atoms with Gasteiger partial charge in [0.2, 0.25) is 17.7 Å². The van der Waals surface area contributed by atoms with E-state index in [9.17, 15) is 45.0 Å². The Morgan fingerprint density at radius 3 is 2.06 bits per heavy atom. The third-order valence-electron chi connectivity index (χ3n) is 4.86. The summed E-state index contributed by atoms with van der Waals surface area (Å²) in [5.41, 5.74) is 0. The Morgan fingerprint density at radius 1 is 1.00 bits per heavy atom. The van der Waals surface area contributed by atoms with Crippen LogP contribution in [0.2, 0.25) is 0 Å². The third-order valence-corrected chi connectivity index (χ3v) is 4.86. The molecule has 0 saturated carbocycles. The maximum atomic E-state index is 12.6. The Labute approximate surface area is 190 Å². The van der Waals surface area contributed by atoms with Crippen LogP contribution in [0.15, 0.2) is 0 Å². The van der Waals surface area contributed by atoms with Gasteiger partial charge in [0.25, 0.3) is 0 Å². The number of ether oxygens (including phenoxy) is 2. The van der Waals surface area contributed by atoms with Crippen LogP contribution in [0.5, 0.6) is 0 Å². The number of hydrogen-bond acceptors (Lipinski definition) is 11. The van der Waals surface area contributed by atoms with Gasteiger partial charge in [0.1, 0.15) is 48.7 Å². The predicted octanol–water partition coefficient (Wildman–Crippen LogP) is -4.94. The number of amides is 3. The molecule has 0 aromatic carbocycles. The average molecular weight is 481 g/mol. The lowest BCUT2D eigenvalue weighted by Gasteiger charge is -2.44. The molecule has 0 bridgehead atoms. The first-order valence-corrected chi connectivity index (χ1v) is 10.4. The van der Waals surface area contributed by atoms with E-state index in [1.807, 2.05) is 0 Å². The lowest BCUT2D eigenvalue weighted by molar-refractivity contribution is -0.299. The van der Waals surface area contributed by atoms with Gasteiger partial charge in [-0.05, 0) is 13.8 Å². The highest BCUT2D eigenvalue weighted by Gasteiger charge is 2.48. The van der Waals surface area contributed by atoms with Crippen molar-refractivity contribution < 1.29 is 54.5 Å². The van der Waals surface area contributed by atoms with Crippen LogP contribution in [0, 0.1) is 0 Å². The van der Waals surface area contributed by atoms with Gasteiger partial charge < -0.3 is 56.1 Å². The molecule has 0 radical (unpaired) electrons. The van der Waals surface area contributed by atoms with Gasteiger partial charge in [-0.3, -0.25) is 14.4 Å². The molecule has 14 nitrogen and oxygen atoms in total. The van der Waals surface area contributed by atoms with Gasteiger partial charge >= 0.3 is 0 Å². The molecule has 1 rings (SSSR count). The second-order valence-electron chi connectivity index (χ2n) is 8.12. The van der Waals surface area contributed by atoms with E-state index in [2.05, 4.69) is 16.0 Å². The van der Waals surface area contributed by atoms with E-state index < -0.39 is 85.9 Å². The zero-order valence-corrected chi connectivity index (χ0v) is 18.9. The van der Waals surface area contributed by atoms with Crippen LogP contribution in [-0.4, -0.2) is 123 Å². The first-order valence-electron chi connectivity index (χ1n) is 10.4. The fourth-order valence-electron chi connectivity index (χ4n) is 3.33. The SMILES string of the molecule is CC(=O)NC(C(=O)NC(C)C)C(O)C(OC1OC(CO)C(O)C(O)C1NC(C)=O)C(O)CO. The summed E-state index contributed by atoms with van der Waals surface area (Å²) >= 11 is 0. The van der Waals surface area contributed by atoms with Crippen molar-refractivity contribution >= 4 is 17.7 Å². The van der Waals surface area contributed by atoms with E-state index in [-0.39, 0.29) is 6.04 Å². The minimum Gasteiger partial charge on any atom is -0.394 e. The molecule has 192 valence electrons. The average Bonchev–Trinajstić information content (AvgIpc) is 2.72. The van der Waals surface area contributed by atoms with Crippen LogP contribution in [0.25, 0.3) is 0 Å². The molecule has 0 aliphatic carbocycles. The van der Waals surface area contributed by atoms with Crippen molar-refractivity contribution in [2.45, 2.75) is 88.7 Å². The van der Waals surface area contributed by atoms with Gasteiger partial charge in [-0.2, -0.15) is 0 Å². The zero-order chi connectivity index (χ0) is 25.5. The number of carbonyl (C=O) groups excluding carboxylic acids is 3. The highest BCUT2D eigenvalue weighted by Crippen LogP contribution is 2.25. The van der Waals surface area contributed by atoms with Gasteiger partial charge in [-0.25, -0.2) is 0 Å². The quantitative estimate of drug-likeness (QED) is 0.136. The fraction of sp³-hybridized carbons (Fsp3) is 0.842. The lowest BCUT2D eigenvalue weighted by atomic mass is 9.95. The number of hydrogen-bond donors (Lipinski definition) is 9. The van der Waals surface area contributed by atoms with Crippen molar-refractivity contribution in [3.8, 4) is 0 Å². The Bertz CT molecular complexity index is 665. The maximum absolute atomic E-state index is 12.6. The molecule has 14 heteroatoms. The molecule has 33 heavy (non-hydrogen) atoms. The number of carbonyl (C=O) groups is 3. The van der Waals surface area contributed by atoms with Crippen molar-refractivity contribution in [2.24, 2.45) is 0 Å². The summed E-state index contributed by atoms with van der Waals surface area (Å²) < 4.78 is 11.0. The number of aliphatic hydroxyl groups excluding tert-OH is 6. The second-order valence-corrected chi connectivity index (χ2v) is 8.12. The maximum Gasteiger partial charge on any atom is 0.245 e. The van der Waals surface area contributed by atoms with E-state index in [0.29, 0.717) is 0 Å². The second kappa shape index (κ2) is 13.1. The number of rotatable bonds is 11. The van der Waals surface area contributed by atoms with Crippen LogP contribution in [0.4, 0.5) is 0 Å². The molecular weight excluding hydrogens is 446 g/mol. The zero-order valence-electron chi connectivity index (χ0n) is 18.9. The molecule has 1 aliphatic rings. The summed E-state index contributed by atoms with van der Waals surface area (Å²) in [6, 6.07) is -3.40. The highest BCUT2D eigenvalue weighted by molar-refractivity contribution is 5.87. The summed E-state index contributed by atoms with van der Waals surface area (Å²) in [5.74, 6) is -2.13. The van der Waals surface area contributed by atoms with Crippen LogP contribution >= 0.6 is 0 Å². The molecule has 1 saturated heterocycles. The van der Waals surface area contributed by atoms with E-state index in [4.69, 9.17) is 9.47 Å². The van der Waals surface area contributed by atoms with Crippen molar-refractivity contribution in [2.75, 3.05) is 13.2 Å². The molecule has 9 unspecified atom stereocenters. The molecule has 0 aromatic rings. The van der Waals surface area contributed by atoms with Gasteiger partial charge in [-0.1, -0.05) is 0 Å². The Morgan fingerprint density at radius 2 is 1.61 bits per heavy atom. The van der Waals surface area contributed by atoms with Gasteiger partial charge in [0, 0.05) is 19.9 Å².